The summed E-state index contributed by atoms with van der Waals surface area (Å²) < 4.78 is 10.2. The molecule has 0 bridgehead atoms. The molecule has 0 atom stereocenters. The molecule has 0 saturated heterocycles. The van der Waals surface area contributed by atoms with E-state index in [1.165, 1.54) is 50.2 Å². The van der Waals surface area contributed by atoms with Crippen LogP contribution in [0.2, 0.25) is 4.44 Å². The Balaban J connectivity index is 1.65. The van der Waals surface area contributed by atoms with Gasteiger partial charge in [0.05, 0.1) is 0 Å². The van der Waals surface area contributed by atoms with Gasteiger partial charge in [-0.1, -0.05) is 0 Å². The van der Waals surface area contributed by atoms with Gasteiger partial charge in [0.2, 0.25) is 0 Å². The third-order valence-electron chi connectivity index (χ3n) is 5.42. The van der Waals surface area contributed by atoms with E-state index in [9.17, 15) is 0 Å². The number of hydrogen-bond donors (Lipinski definition) is 0. The number of anilines is 2. The maximum absolute atomic E-state index is 6.30. The fourth-order valence-electron chi connectivity index (χ4n) is 3.91. The molecular formula is C26H23NOSn. The van der Waals surface area contributed by atoms with E-state index < -0.39 is 21.4 Å². The fraction of sp³-hybridized carbons (Fsp3) is 0.154. The Labute approximate surface area is 181 Å². The van der Waals surface area contributed by atoms with Crippen molar-refractivity contribution >= 4 is 65.5 Å². The van der Waals surface area contributed by atoms with Crippen molar-refractivity contribution in [1.82, 2.24) is 0 Å². The molecule has 4 aromatic carbocycles. The Hall–Kier alpha value is -2.46. The molecule has 1 aromatic heterocycles. The number of hydrogen-bond acceptors (Lipinski definition) is 2. The van der Waals surface area contributed by atoms with Gasteiger partial charge in [0.25, 0.3) is 0 Å². The van der Waals surface area contributed by atoms with Crippen LogP contribution in [0.5, 0.6) is 0 Å². The first-order valence-corrected chi connectivity index (χ1v) is 13.6. The number of fused-ring (bicyclic) bond motifs is 5. The van der Waals surface area contributed by atoms with Gasteiger partial charge in [-0.25, -0.2) is 0 Å². The van der Waals surface area contributed by atoms with Crippen LogP contribution in [-0.4, -0.2) is 21.4 Å². The summed E-state index contributed by atoms with van der Waals surface area (Å²) in [5.74, 6) is 0. The van der Waals surface area contributed by atoms with Crippen molar-refractivity contribution in [2.24, 2.45) is 0 Å². The third-order valence-corrected chi connectivity index (χ3v) is 9.44. The summed E-state index contributed by atoms with van der Waals surface area (Å²) in [6, 6.07) is 30.4. The summed E-state index contributed by atoms with van der Waals surface area (Å²) in [7, 11) is 0. The predicted molar refractivity (Wildman–Crippen MR) is 125 cm³/mol. The average Bonchev–Trinajstić information content (AvgIpc) is 3.16. The van der Waals surface area contributed by atoms with E-state index in [1.807, 2.05) is 0 Å². The number of furan rings is 1. The number of nitrogens with zero attached hydrogens (tertiary/aromatic N) is 1. The van der Waals surface area contributed by atoms with E-state index in [1.54, 1.807) is 0 Å². The molecule has 142 valence electrons. The Morgan fingerprint density at radius 1 is 0.759 bits per heavy atom. The summed E-state index contributed by atoms with van der Waals surface area (Å²) in [4.78, 5) is 0. The van der Waals surface area contributed by atoms with Gasteiger partial charge in [-0.3, -0.25) is 0 Å². The van der Waals surface area contributed by atoms with E-state index >= 15 is 0 Å². The van der Waals surface area contributed by atoms with Crippen LogP contribution < -0.4 is 3.12 Å². The van der Waals surface area contributed by atoms with Gasteiger partial charge in [0, 0.05) is 0 Å². The van der Waals surface area contributed by atoms with Crippen LogP contribution in [-0.2, 0) is 0 Å². The maximum atomic E-state index is 6.30. The Kier molecular flexibility index (Phi) is 5.19. The minimum absolute atomic E-state index is 0.735. The van der Waals surface area contributed by atoms with Crippen molar-refractivity contribution in [1.29, 1.82) is 0 Å². The molecule has 29 heavy (non-hydrogen) atoms. The molecule has 3 heteroatoms. The summed E-state index contributed by atoms with van der Waals surface area (Å²) in [5.41, 5.74) is 4.56. The SMILES string of the molecule is CCC[CH2][Sn][N](c1ccccc1)c1ccc2oc3c4ccccc4ccc3c2c1. The molecule has 2 radical (unpaired) electrons. The molecular weight excluding hydrogens is 461 g/mol. The monoisotopic (exact) mass is 485 g/mol. The van der Waals surface area contributed by atoms with Gasteiger partial charge < -0.3 is 0 Å². The molecule has 0 aliphatic rings. The fourth-order valence-corrected chi connectivity index (χ4v) is 7.87. The van der Waals surface area contributed by atoms with Gasteiger partial charge in [0.1, 0.15) is 0 Å². The second-order valence-corrected chi connectivity index (χ2v) is 11.0. The van der Waals surface area contributed by atoms with E-state index in [0.717, 1.165) is 11.2 Å². The first-order valence-electron chi connectivity index (χ1n) is 10.3. The molecule has 0 N–H and O–H groups in total. The Morgan fingerprint density at radius 3 is 2.45 bits per heavy atom. The van der Waals surface area contributed by atoms with Gasteiger partial charge in [-0.2, -0.15) is 0 Å². The number of para-hydroxylation sites is 1. The quantitative estimate of drug-likeness (QED) is 0.181. The first-order chi connectivity index (χ1) is 14.3. The summed E-state index contributed by atoms with van der Waals surface area (Å²) in [5, 5.41) is 4.81. The van der Waals surface area contributed by atoms with E-state index in [4.69, 9.17) is 4.42 Å². The standard InChI is InChI=1S/C22H14NO.C4H9.Sn/c1-2-7-16(8-3-1)23-17-11-13-21-20(14-17)19-12-10-15-6-4-5-9-18(15)22(19)24-21;1-3-4-2;/h1-14H;1,3-4H2,2H3;/q-1;;+1. The van der Waals surface area contributed by atoms with Gasteiger partial charge in [-0.15, -0.1) is 0 Å². The van der Waals surface area contributed by atoms with Crippen LogP contribution in [0.4, 0.5) is 11.4 Å². The average molecular weight is 484 g/mol. The van der Waals surface area contributed by atoms with Crippen molar-refractivity contribution in [3.8, 4) is 0 Å². The zero-order valence-corrected chi connectivity index (χ0v) is 19.4. The van der Waals surface area contributed by atoms with Crippen molar-refractivity contribution in [3.05, 3.63) is 84.9 Å². The first kappa shape index (κ1) is 18.6. The predicted octanol–water partition coefficient (Wildman–Crippen LogP) is 7.71. The zero-order valence-electron chi connectivity index (χ0n) is 16.6. The van der Waals surface area contributed by atoms with E-state index in [-0.39, 0.29) is 0 Å². The van der Waals surface area contributed by atoms with Crippen LogP contribution in [0.3, 0.4) is 0 Å². The molecule has 0 aliphatic carbocycles. The number of rotatable bonds is 6. The summed E-state index contributed by atoms with van der Waals surface area (Å²) in [6.07, 6.45) is 2.58. The van der Waals surface area contributed by atoms with Crippen LogP contribution in [0.1, 0.15) is 19.8 Å². The molecule has 0 fully saturated rings. The minimum atomic E-state index is -0.735. The summed E-state index contributed by atoms with van der Waals surface area (Å²) >= 11 is -0.735. The molecule has 0 amide bonds. The second-order valence-electron chi connectivity index (χ2n) is 7.38. The molecule has 5 aromatic rings. The topological polar surface area (TPSA) is 16.4 Å². The molecule has 0 saturated carbocycles. The van der Waals surface area contributed by atoms with Gasteiger partial charge in [-0.05, 0) is 0 Å². The van der Waals surface area contributed by atoms with Gasteiger partial charge in [0.15, 0.2) is 0 Å². The van der Waals surface area contributed by atoms with Crippen molar-refractivity contribution in [3.63, 3.8) is 0 Å². The van der Waals surface area contributed by atoms with Crippen LogP contribution in [0.15, 0.2) is 89.3 Å². The molecule has 0 aliphatic heterocycles. The van der Waals surface area contributed by atoms with Crippen molar-refractivity contribution in [2.45, 2.75) is 24.2 Å². The normalized spacial score (nSPS) is 11.5. The summed E-state index contributed by atoms with van der Waals surface area (Å²) in [6.45, 7) is 2.28. The zero-order chi connectivity index (χ0) is 19.6. The second kappa shape index (κ2) is 8.11. The Bertz CT molecular complexity index is 1280. The molecule has 1 heterocycles. The molecule has 2 nitrogen and oxygen atoms in total. The molecule has 0 unspecified atom stereocenters. The molecule has 0 spiro atoms. The van der Waals surface area contributed by atoms with Gasteiger partial charge >= 0.3 is 182 Å². The molecule has 5 rings (SSSR count). The van der Waals surface area contributed by atoms with E-state index in [0.29, 0.717) is 0 Å². The van der Waals surface area contributed by atoms with Crippen LogP contribution >= 0.6 is 0 Å². The van der Waals surface area contributed by atoms with Crippen LogP contribution in [0, 0.1) is 0 Å². The van der Waals surface area contributed by atoms with Crippen molar-refractivity contribution < 1.29 is 4.42 Å². The van der Waals surface area contributed by atoms with Crippen LogP contribution in [0.25, 0.3) is 32.7 Å². The van der Waals surface area contributed by atoms with Crippen molar-refractivity contribution in [2.75, 3.05) is 3.12 Å². The number of benzene rings is 4. The third kappa shape index (κ3) is 3.50. The number of unbranched alkanes of at least 4 members (excludes halogenated alkanes) is 1. The Morgan fingerprint density at radius 2 is 1.59 bits per heavy atom. The van der Waals surface area contributed by atoms with E-state index in [2.05, 4.69) is 95.0 Å².